The van der Waals surface area contributed by atoms with Crippen LogP contribution in [-0.4, -0.2) is 63.1 Å². The van der Waals surface area contributed by atoms with E-state index in [1.54, 1.807) is 18.3 Å². The van der Waals surface area contributed by atoms with E-state index >= 15 is 0 Å². The molecule has 4 atom stereocenters. The number of carboxylic acids is 1. The first kappa shape index (κ1) is 33.1. The molecule has 0 saturated carbocycles. The number of para-hydroxylation sites is 1. The predicted octanol–water partition coefficient (Wildman–Crippen LogP) is 2.62. The molecule has 0 aliphatic heterocycles. The van der Waals surface area contributed by atoms with Crippen molar-refractivity contribution in [2.24, 2.45) is 17.6 Å². The molecule has 0 radical (unpaired) electrons. The summed E-state index contributed by atoms with van der Waals surface area (Å²) in [4.78, 5) is 55.4. The molecule has 8 N–H and O–H groups in total. The van der Waals surface area contributed by atoms with Gasteiger partial charge in [0.25, 0.3) is 0 Å². The fourth-order valence-corrected chi connectivity index (χ4v) is 4.94. The van der Waals surface area contributed by atoms with Crippen LogP contribution in [0.3, 0.4) is 0 Å². The Kier molecular flexibility index (Phi) is 11.7. The van der Waals surface area contributed by atoms with Gasteiger partial charge in [0, 0.05) is 29.9 Å². The van der Waals surface area contributed by atoms with E-state index in [9.17, 15) is 29.4 Å². The highest BCUT2D eigenvalue weighted by atomic mass is 16.4. The maximum atomic E-state index is 13.7. The molecular formula is C32H43N5O6. The zero-order valence-corrected chi connectivity index (χ0v) is 25.1. The normalized spacial score (nSPS) is 14.2. The molecule has 0 fully saturated rings. The number of aromatic hydroxyl groups is 1. The molecule has 0 aliphatic carbocycles. The number of carbonyl (C=O) groups excluding carboxylic acids is 3. The van der Waals surface area contributed by atoms with Crippen molar-refractivity contribution >= 4 is 34.6 Å². The van der Waals surface area contributed by atoms with E-state index in [4.69, 9.17) is 5.73 Å². The largest absolute Gasteiger partial charge is 0.508 e. The SMILES string of the molecule is CC(C)CC(N)C(=O)NC(CC(C)C)C(=O)NC(Cc1c[nH]c2ccccc12)C(=O)NC(Cc1ccc(O)cc1)C(=O)O. The summed E-state index contributed by atoms with van der Waals surface area (Å²) in [5, 5.41) is 28.4. The molecule has 0 saturated heterocycles. The number of aliphatic carboxylic acids is 1. The summed E-state index contributed by atoms with van der Waals surface area (Å²) in [5.41, 5.74) is 8.27. The van der Waals surface area contributed by atoms with Crippen LogP contribution in [0.15, 0.2) is 54.7 Å². The molecule has 43 heavy (non-hydrogen) atoms. The van der Waals surface area contributed by atoms with Gasteiger partial charge in [0.2, 0.25) is 17.7 Å². The maximum absolute atomic E-state index is 13.7. The van der Waals surface area contributed by atoms with Crippen LogP contribution >= 0.6 is 0 Å². The molecule has 1 aromatic heterocycles. The van der Waals surface area contributed by atoms with Gasteiger partial charge >= 0.3 is 5.97 Å². The number of nitrogens with one attached hydrogen (secondary N) is 4. The zero-order valence-electron chi connectivity index (χ0n) is 25.1. The zero-order chi connectivity index (χ0) is 31.7. The minimum Gasteiger partial charge on any atom is -0.508 e. The number of phenolic OH excluding ortho intramolecular Hbond substituents is 1. The van der Waals surface area contributed by atoms with Gasteiger partial charge in [-0.05, 0) is 54.0 Å². The summed E-state index contributed by atoms with van der Waals surface area (Å²) < 4.78 is 0. The monoisotopic (exact) mass is 593 g/mol. The first-order valence-electron chi connectivity index (χ1n) is 14.6. The van der Waals surface area contributed by atoms with Crippen LogP contribution < -0.4 is 21.7 Å². The topological polar surface area (TPSA) is 187 Å². The number of rotatable bonds is 15. The van der Waals surface area contributed by atoms with Crippen LogP contribution in [-0.2, 0) is 32.0 Å². The molecular weight excluding hydrogens is 550 g/mol. The lowest BCUT2D eigenvalue weighted by atomic mass is 9.99. The van der Waals surface area contributed by atoms with Crippen molar-refractivity contribution in [2.45, 2.75) is 77.5 Å². The number of nitrogens with two attached hydrogens (primary N) is 1. The Labute approximate surface area is 251 Å². The van der Waals surface area contributed by atoms with Crippen LogP contribution in [0.4, 0.5) is 0 Å². The first-order valence-corrected chi connectivity index (χ1v) is 14.6. The summed E-state index contributed by atoms with van der Waals surface area (Å²) in [5.74, 6) is -2.68. The Bertz CT molecular complexity index is 1400. The van der Waals surface area contributed by atoms with E-state index in [1.807, 2.05) is 52.0 Å². The lowest BCUT2D eigenvalue weighted by molar-refractivity contribution is -0.142. The van der Waals surface area contributed by atoms with Gasteiger partial charge in [-0.3, -0.25) is 14.4 Å². The van der Waals surface area contributed by atoms with E-state index in [1.165, 1.54) is 12.1 Å². The molecule has 11 heteroatoms. The number of fused-ring (bicyclic) bond motifs is 1. The van der Waals surface area contributed by atoms with Gasteiger partial charge in [-0.2, -0.15) is 0 Å². The Morgan fingerprint density at radius 2 is 1.35 bits per heavy atom. The molecule has 3 aromatic rings. The maximum Gasteiger partial charge on any atom is 0.326 e. The second-order valence-electron chi connectivity index (χ2n) is 11.8. The number of carboxylic acid groups (broad SMARTS) is 1. The summed E-state index contributed by atoms with van der Waals surface area (Å²) in [6.45, 7) is 7.73. The predicted molar refractivity (Wildman–Crippen MR) is 164 cm³/mol. The standard InChI is InChI=1S/C32H43N5O6/c1-18(2)13-24(33)29(39)35-26(14-19(3)4)30(40)36-27(16-21-17-34-25-8-6-5-7-23(21)25)31(41)37-28(32(42)43)15-20-9-11-22(38)12-10-20/h5-12,17-19,24,26-28,34,38H,13-16,33H2,1-4H3,(H,35,39)(H,36,40)(H,37,41)(H,42,43). The van der Waals surface area contributed by atoms with Crippen molar-refractivity contribution in [2.75, 3.05) is 0 Å². The Hall–Kier alpha value is -4.38. The van der Waals surface area contributed by atoms with Gasteiger partial charge in [-0.15, -0.1) is 0 Å². The molecule has 3 amide bonds. The molecule has 2 aromatic carbocycles. The number of benzene rings is 2. The molecule has 4 unspecified atom stereocenters. The van der Waals surface area contributed by atoms with Crippen molar-refractivity contribution < 1.29 is 29.4 Å². The Morgan fingerprint density at radius 1 is 0.767 bits per heavy atom. The summed E-state index contributed by atoms with van der Waals surface area (Å²) in [6, 6.07) is 9.36. The number of aromatic nitrogens is 1. The fraction of sp³-hybridized carbons (Fsp3) is 0.438. The van der Waals surface area contributed by atoms with Crippen LogP contribution in [0.2, 0.25) is 0 Å². The number of hydrogen-bond donors (Lipinski definition) is 7. The Balaban J connectivity index is 1.86. The Morgan fingerprint density at radius 3 is 1.98 bits per heavy atom. The molecule has 11 nitrogen and oxygen atoms in total. The second-order valence-corrected chi connectivity index (χ2v) is 11.8. The number of phenols is 1. The van der Waals surface area contributed by atoms with E-state index in [0.717, 1.165) is 16.5 Å². The van der Waals surface area contributed by atoms with Crippen molar-refractivity contribution in [3.8, 4) is 5.75 Å². The minimum absolute atomic E-state index is 0.0329. The van der Waals surface area contributed by atoms with E-state index < -0.39 is 47.9 Å². The number of H-pyrrole nitrogens is 1. The number of amides is 3. The van der Waals surface area contributed by atoms with E-state index in [0.29, 0.717) is 18.4 Å². The number of hydrogen-bond acceptors (Lipinski definition) is 6. The highest BCUT2D eigenvalue weighted by Crippen LogP contribution is 2.20. The lowest BCUT2D eigenvalue weighted by Gasteiger charge is -2.26. The lowest BCUT2D eigenvalue weighted by Crippen LogP contribution is -2.58. The molecule has 0 aliphatic rings. The quantitative estimate of drug-likeness (QED) is 0.141. The highest BCUT2D eigenvalue weighted by molar-refractivity contribution is 5.95. The average molecular weight is 594 g/mol. The summed E-state index contributed by atoms with van der Waals surface area (Å²) in [6.07, 6.45) is 2.55. The average Bonchev–Trinajstić information content (AvgIpc) is 3.35. The van der Waals surface area contributed by atoms with Gasteiger partial charge in [0.15, 0.2) is 0 Å². The third kappa shape index (κ3) is 9.85. The summed E-state index contributed by atoms with van der Waals surface area (Å²) in [7, 11) is 0. The molecule has 1 heterocycles. The van der Waals surface area contributed by atoms with Gasteiger partial charge < -0.3 is 36.9 Å². The smallest absolute Gasteiger partial charge is 0.326 e. The van der Waals surface area contributed by atoms with Crippen LogP contribution in [0.5, 0.6) is 5.75 Å². The number of aromatic amines is 1. The van der Waals surface area contributed by atoms with Crippen LogP contribution in [0, 0.1) is 11.8 Å². The van der Waals surface area contributed by atoms with E-state index in [2.05, 4.69) is 20.9 Å². The molecule has 0 bridgehead atoms. The first-order chi connectivity index (χ1) is 20.3. The third-order valence-electron chi connectivity index (χ3n) is 7.12. The van der Waals surface area contributed by atoms with Crippen molar-refractivity contribution in [3.63, 3.8) is 0 Å². The second kappa shape index (κ2) is 15.2. The molecule has 0 spiro atoms. The third-order valence-corrected chi connectivity index (χ3v) is 7.12. The molecule has 232 valence electrons. The van der Waals surface area contributed by atoms with Gasteiger partial charge in [-0.1, -0.05) is 58.0 Å². The van der Waals surface area contributed by atoms with Gasteiger partial charge in [0.05, 0.1) is 6.04 Å². The van der Waals surface area contributed by atoms with Crippen LogP contribution in [0.1, 0.15) is 51.7 Å². The summed E-state index contributed by atoms with van der Waals surface area (Å²) >= 11 is 0. The van der Waals surface area contributed by atoms with Gasteiger partial charge in [0.1, 0.15) is 23.9 Å². The molecule has 3 rings (SSSR count). The van der Waals surface area contributed by atoms with Crippen molar-refractivity contribution in [1.29, 1.82) is 0 Å². The minimum atomic E-state index is -1.29. The van der Waals surface area contributed by atoms with Gasteiger partial charge in [-0.25, -0.2) is 4.79 Å². The fourth-order valence-electron chi connectivity index (χ4n) is 4.94. The van der Waals surface area contributed by atoms with Crippen molar-refractivity contribution in [1.82, 2.24) is 20.9 Å². The number of carbonyl (C=O) groups is 4. The van der Waals surface area contributed by atoms with Crippen molar-refractivity contribution in [3.05, 3.63) is 65.9 Å². The highest BCUT2D eigenvalue weighted by Gasteiger charge is 2.31. The van der Waals surface area contributed by atoms with Crippen LogP contribution in [0.25, 0.3) is 10.9 Å². The van der Waals surface area contributed by atoms with E-state index in [-0.39, 0.29) is 30.4 Å².